The van der Waals surface area contributed by atoms with E-state index in [1.165, 1.54) is 51.4 Å². The second-order valence-corrected chi connectivity index (χ2v) is 16.8. The van der Waals surface area contributed by atoms with Crippen molar-refractivity contribution in [1.82, 2.24) is 10.2 Å². The van der Waals surface area contributed by atoms with Gasteiger partial charge in [0.05, 0.1) is 12.3 Å². The lowest BCUT2D eigenvalue weighted by Crippen LogP contribution is -2.51. The zero-order chi connectivity index (χ0) is 34.2. The SMILES string of the molecule is CC(N)=NCCCN(CCCNC(=N)N)CCC(=O)O[C@H]1CC[C@@]2(C)C(=CC[C@H]3[C@@H]4CC[C@H]([C@H](C)CCCC(C)C)[C@@]4(C)CC[C@@H]32)C1. The maximum absolute atomic E-state index is 13.1. The Kier molecular flexibility index (Phi) is 13.7. The minimum Gasteiger partial charge on any atom is -0.462 e. The highest BCUT2D eigenvalue weighted by atomic mass is 16.5. The molecule has 0 spiro atoms. The third kappa shape index (κ3) is 9.76. The van der Waals surface area contributed by atoms with Crippen molar-refractivity contribution in [3.8, 4) is 0 Å². The van der Waals surface area contributed by atoms with Crippen LogP contribution in [0, 0.1) is 51.7 Å². The highest BCUT2D eigenvalue weighted by Crippen LogP contribution is 2.67. The first kappa shape index (κ1) is 37.7. The summed E-state index contributed by atoms with van der Waals surface area (Å²) in [5, 5.41) is 10.2. The van der Waals surface area contributed by atoms with Gasteiger partial charge in [0.2, 0.25) is 0 Å². The number of carbonyl (C=O) groups excluding carboxylic acids is 1. The van der Waals surface area contributed by atoms with Gasteiger partial charge in [-0.15, -0.1) is 0 Å². The van der Waals surface area contributed by atoms with E-state index in [1.807, 2.05) is 6.92 Å². The number of nitrogens with zero attached hydrogens (tertiary/aromatic N) is 2. The minimum atomic E-state index is -0.0801. The standard InChI is InChI=1S/C39H70N6O2/c1-27(2)10-7-11-28(3)33-14-15-34-32-13-12-30-26-31(16-19-38(30,5)35(32)17-20-39(33,34)6)47-36(46)18-25-45(23-8-21-43-29(4)40)24-9-22-44-37(41)42/h12,27-28,31-35H,7-11,13-26H2,1-6H3,(H2,40,43)(H4,41,42,44)/t28-,31+,32+,33-,34+,35+,38+,39-/m1/s1. The molecular formula is C39H70N6O2. The molecule has 0 amide bonds. The molecule has 4 aliphatic carbocycles. The molecule has 3 saturated carbocycles. The van der Waals surface area contributed by atoms with Crippen molar-refractivity contribution in [3.63, 3.8) is 0 Å². The summed E-state index contributed by atoms with van der Waals surface area (Å²) in [5.41, 5.74) is 13.5. The third-order valence-corrected chi connectivity index (χ3v) is 13.2. The number of carbonyl (C=O) groups is 1. The van der Waals surface area contributed by atoms with E-state index in [0.29, 0.717) is 37.3 Å². The van der Waals surface area contributed by atoms with Crippen molar-refractivity contribution in [3.05, 3.63) is 11.6 Å². The van der Waals surface area contributed by atoms with Gasteiger partial charge in [-0.1, -0.05) is 65.5 Å². The number of nitrogens with two attached hydrogens (primary N) is 2. The molecule has 0 unspecified atom stereocenters. The van der Waals surface area contributed by atoms with E-state index in [4.69, 9.17) is 21.6 Å². The molecular weight excluding hydrogens is 584 g/mol. The van der Waals surface area contributed by atoms with Crippen LogP contribution >= 0.6 is 0 Å². The minimum absolute atomic E-state index is 0.00450. The fraction of sp³-hybridized carbons (Fsp3) is 0.872. The van der Waals surface area contributed by atoms with E-state index in [2.05, 4.69) is 55.9 Å². The number of hydrogen-bond acceptors (Lipinski definition) is 5. The number of amidine groups is 1. The molecule has 8 nitrogen and oxygen atoms in total. The van der Waals surface area contributed by atoms with Crippen LogP contribution < -0.4 is 16.8 Å². The Hall–Kier alpha value is -2.09. The fourth-order valence-corrected chi connectivity index (χ4v) is 10.7. The van der Waals surface area contributed by atoms with Crippen LogP contribution in [0.25, 0.3) is 0 Å². The molecule has 6 N–H and O–H groups in total. The predicted molar refractivity (Wildman–Crippen MR) is 195 cm³/mol. The lowest BCUT2D eigenvalue weighted by molar-refractivity contribution is -0.152. The molecule has 0 bridgehead atoms. The Morgan fingerprint density at radius 3 is 2.53 bits per heavy atom. The Labute approximate surface area is 287 Å². The van der Waals surface area contributed by atoms with E-state index >= 15 is 0 Å². The number of nitrogens with one attached hydrogen (secondary N) is 2. The normalized spacial score (nSPS) is 32.7. The molecule has 4 aliphatic rings. The average molecular weight is 655 g/mol. The summed E-state index contributed by atoms with van der Waals surface area (Å²) in [6, 6.07) is 0. The summed E-state index contributed by atoms with van der Waals surface area (Å²) in [7, 11) is 0. The van der Waals surface area contributed by atoms with Gasteiger partial charge in [-0.3, -0.25) is 15.2 Å². The third-order valence-electron chi connectivity index (χ3n) is 13.2. The highest BCUT2D eigenvalue weighted by Gasteiger charge is 2.59. The molecule has 0 saturated heterocycles. The van der Waals surface area contributed by atoms with E-state index in [9.17, 15) is 4.79 Å². The second kappa shape index (κ2) is 17.0. The lowest BCUT2D eigenvalue weighted by Gasteiger charge is -2.58. The van der Waals surface area contributed by atoms with Gasteiger partial charge in [0.15, 0.2) is 5.96 Å². The van der Waals surface area contributed by atoms with Gasteiger partial charge < -0.3 is 26.4 Å². The monoisotopic (exact) mass is 655 g/mol. The van der Waals surface area contributed by atoms with E-state index < -0.39 is 0 Å². The number of hydrogen-bond donors (Lipinski definition) is 4. The van der Waals surface area contributed by atoms with Crippen LogP contribution in [0.2, 0.25) is 0 Å². The summed E-state index contributed by atoms with van der Waals surface area (Å²) < 4.78 is 6.16. The quantitative estimate of drug-likeness (QED) is 0.0429. The number of esters is 1. The first-order valence-corrected chi connectivity index (χ1v) is 19.3. The Balaban J connectivity index is 1.29. The van der Waals surface area contributed by atoms with E-state index in [1.54, 1.807) is 5.57 Å². The number of allylic oxidation sites excluding steroid dienone is 1. The maximum Gasteiger partial charge on any atom is 0.307 e. The fourth-order valence-electron chi connectivity index (χ4n) is 10.7. The van der Waals surface area contributed by atoms with Crippen LogP contribution in [0.1, 0.15) is 131 Å². The van der Waals surface area contributed by atoms with Crippen LogP contribution in [0.15, 0.2) is 16.6 Å². The Morgan fingerprint density at radius 1 is 1.04 bits per heavy atom. The molecule has 4 rings (SSSR count). The number of ether oxygens (including phenoxy) is 1. The summed E-state index contributed by atoms with van der Waals surface area (Å²) in [6.07, 6.45) is 18.8. The molecule has 0 heterocycles. The van der Waals surface area contributed by atoms with Gasteiger partial charge in [-0.2, -0.15) is 0 Å². The molecule has 0 aliphatic heterocycles. The van der Waals surface area contributed by atoms with Crippen molar-refractivity contribution in [2.45, 2.75) is 138 Å². The predicted octanol–water partition coefficient (Wildman–Crippen LogP) is 7.27. The molecule has 0 aromatic rings. The van der Waals surface area contributed by atoms with Crippen LogP contribution in [0.5, 0.6) is 0 Å². The first-order valence-electron chi connectivity index (χ1n) is 19.3. The van der Waals surface area contributed by atoms with Crippen molar-refractivity contribution in [1.29, 1.82) is 5.41 Å². The molecule has 268 valence electrons. The van der Waals surface area contributed by atoms with Crippen molar-refractivity contribution in [2.75, 3.05) is 32.7 Å². The topological polar surface area (TPSA) is 130 Å². The van der Waals surface area contributed by atoms with Gasteiger partial charge in [0.25, 0.3) is 0 Å². The zero-order valence-electron chi connectivity index (χ0n) is 30.9. The summed E-state index contributed by atoms with van der Waals surface area (Å²) in [4.78, 5) is 19.7. The summed E-state index contributed by atoms with van der Waals surface area (Å²) in [5.74, 6) is 5.55. The number of fused-ring (bicyclic) bond motifs is 5. The lowest BCUT2D eigenvalue weighted by atomic mass is 9.47. The highest BCUT2D eigenvalue weighted by molar-refractivity contribution is 5.77. The van der Waals surface area contributed by atoms with E-state index in [0.717, 1.165) is 80.7 Å². The number of rotatable bonds is 17. The zero-order valence-corrected chi connectivity index (χ0v) is 30.9. The largest absolute Gasteiger partial charge is 0.462 e. The number of aliphatic imine (C=N–C) groups is 1. The molecule has 0 aromatic heterocycles. The Bertz CT molecular complexity index is 1100. The maximum atomic E-state index is 13.1. The molecule has 8 heteroatoms. The van der Waals surface area contributed by atoms with Crippen molar-refractivity contribution in [2.24, 2.45) is 62.8 Å². The second-order valence-electron chi connectivity index (χ2n) is 16.8. The average Bonchev–Trinajstić information content (AvgIpc) is 3.36. The summed E-state index contributed by atoms with van der Waals surface area (Å²) >= 11 is 0. The molecule has 47 heavy (non-hydrogen) atoms. The van der Waals surface area contributed by atoms with Gasteiger partial charge in [0.1, 0.15) is 6.10 Å². The molecule has 0 aromatic carbocycles. The molecule has 8 atom stereocenters. The Morgan fingerprint density at radius 2 is 1.81 bits per heavy atom. The molecule has 3 fully saturated rings. The van der Waals surface area contributed by atoms with Crippen molar-refractivity contribution < 1.29 is 9.53 Å². The smallest absolute Gasteiger partial charge is 0.307 e. The van der Waals surface area contributed by atoms with Crippen LogP contribution in [-0.4, -0.2) is 61.5 Å². The van der Waals surface area contributed by atoms with Crippen LogP contribution in [0.3, 0.4) is 0 Å². The molecule has 0 radical (unpaired) electrons. The van der Waals surface area contributed by atoms with Gasteiger partial charge in [-0.05, 0) is 124 Å². The van der Waals surface area contributed by atoms with Crippen LogP contribution in [0.4, 0.5) is 0 Å². The van der Waals surface area contributed by atoms with Gasteiger partial charge >= 0.3 is 5.97 Å². The van der Waals surface area contributed by atoms with E-state index in [-0.39, 0.29) is 23.4 Å². The first-order chi connectivity index (χ1) is 22.3. The number of guanidine groups is 1. The van der Waals surface area contributed by atoms with Crippen LogP contribution in [-0.2, 0) is 9.53 Å². The van der Waals surface area contributed by atoms with Crippen molar-refractivity contribution >= 4 is 17.8 Å². The summed E-state index contributed by atoms with van der Waals surface area (Å²) in [6.45, 7) is 18.0. The van der Waals surface area contributed by atoms with Gasteiger partial charge in [0, 0.05) is 26.1 Å². The van der Waals surface area contributed by atoms with Gasteiger partial charge in [-0.25, -0.2) is 0 Å².